The zero-order chi connectivity index (χ0) is 12.7. The minimum absolute atomic E-state index is 0.0243. The fraction of sp³-hybridized carbons (Fsp3) is 0.385. The van der Waals surface area contributed by atoms with E-state index in [-0.39, 0.29) is 11.9 Å². The second kappa shape index (κ2) is 6.97. The lowest BCUT2D eigenvalue weighted by molar-refractivity contribution is -0.120. The number of rotatable bonds is 5. The molecule has 1 rings (SSSR count). The van der Waals surface area contributed by atoms with Crippen molar-refractivity contribution in [2.75, 3.05) is 12.0 Å². The zero-order valence-electron chi connectivity index (χ0n) is 10.1. The average Bonchev–Trinajstić information content (AvgIpc) is 2.30. The summed E-state index contributed by atoms with van der Waals surface area (Å²) in [6, 6.07) is 9.34. The summed E-state index contributed by atoms with van der Waals surface area (Å²) in [6.07, 6.45) is 2.38. The fourth-order valence-electron chi connectivity index (χ4n) is 1.50. The van der Waals surface area contributed by atoms with Gasteiger partial charge in [-0.1, -0.05) is 12.1 Å². The van der Waals surface area contributed by atoms with E-state index in [4.69, 9.17) is 5.26 Å². The Kier molecular flexibility index (Phi) is 5.58. The molecule has 0 heterocycles. The van der Waals surface area contributed by atoms with Crippen molar-refractivity contribution in [2.24, 2.45) is 0 Å². The summed E-state index contributed by atoms with van der Waals surface area (Å²) in [5.74, 6) is 0.940. The molecule has 1 aromatic carbocycles. The molecule has 0 radical (unpaired) electrons. The zero-order valence-corrected chi connectivity index (χ0v) is 10.9. The highest BCUT2D eigenvalue weighted by Gasteiger charge is 2.07. The highest BCUT2D eigenvalue weighted by Crippen LogP contribution is 2.04. The molecule has 1 atom stereocenters. The van der Waals surface area contributed by atoms with Crippen LogP contribution in [0.25, 0.3) is 0 Å². The largest absolute Gasteiger partial charge is 0.353 e. The molecule has 0 saturated carbocycles. The summed E-state index contributed by atoms with van der Waals surface area (Å²) in [6.45, 7) is 1.99. The summed E-state index contributed by atoms with van der Waals surface area (Å²) in [4.78, 5) is 11.7. The van der Waals surface area contributed by atoms with E-state index in [9.17, 15) is 4.79 Å². The molecule has 4 heteroatoms. The van der Waals surface area contributed by atoms with Crippen LogP contribution in [-0.4, -0.2) is 24.0 Å². The quantitative estimate of drug-likeness (QED) is 0.866. The van der Waals surface area contributed by atoms with Gasteiger partial charge in [-0.15, -0.1) is 0 Å². The van der Waals surface area contributed by atoms with Crippen molar-refractivity contribution in [1.82, 2.24) is 5.32 Å². The molecule has 0 aliphatic rings. The standard InChI is InChI=1S/C13H16N2OS/c1-10(9-17-2)15-13(16)7-11-3-5-12(8-14)6-4-11/h3-6,10H,7,9H2,1-2H3,(H,15,16). The van der Waals surface area contributed by atoms with Crippen LogP contribution in [0.5, 0.6) is 0 Å². The normalized spacial score (nSPS) is 11.6. The molecule has 1 N–H and O–H groups in total. The van der Waals surface area contributed by atoms with Gasteiger partial charge < -0.3 is 5.32 Å². The number of thioether (sulfide) groups is 1. The van der Waals surface area contributed by atoms with Gasteiger partial charge in [-0.25, -0.2) is 0 Å². The molecular weight excluding hydrogens is 232 g/mol. The van der Waals surface area contributed by atoms with Gasteiger partial charge in [0, 0.05) is 11.8 Å². The van der Waals surface area contributed by atoms with Crippen molar-refractivity contribution in [3.05, 3.63) is 35.4 Å². The van der Waals surface area contributed by atoms with Gasteiger partial charge in [0.25, 0.3) is 0 Å². The monoisotopic (exact) mass is 248 g/mol. The van der Waals surface area contributed by atoms with Crippen LogP contribution in [0.1, 0.15) is 18.1 Å². The second-order valence-electron chi connectivity index (χ2n) is 3.91. The minimum Gasteiger partial charge on any atom is -0.353 e. The Bertz CT molecular complexity index is 408. The molecule has 1 amide bonds. The second-order valence-corrected chi connectivity index (χ2v) is 4.82. The van der Waals surface area contributed by atoms with Gasteiger partial charge in [0.05, 0.1) is 18.1 Å². The van der Waals surface area contributed by atoms with Gasteiger partial charge in [-0.05, 0) is 30.9 Å². The van der Waals surface area contributed by atoms with Gasteiger partial charge in [-0.3, -0.25) is 4.79 Å². The molecular formula is C13H16N2OS. The van der Waals surface area contributed by atoms with Crippen LogP contribution < -0.4 is 5.32 Å². The number of nitrogens with one attached hydrogen (secondary N) is 1. The van der Waals surface area contributed by atoms with Crippen LogP contribution in [0.15, 0.2) is 24.3 Å². The first-order chi connectivity index (χ1) is 8.15. The first-order valence-electron chi connectivity index (χ1n) is 5.43. The van der Waals surface area contributed by atoms with Crippen molar-refractivity contribution in [3.8, 4) is 6.07 Å². The first kappa shape index (κ1) is 13.6. The lowest BCUT2D eigenvalue weighted by atomic mass is 10.1. The fourth-order valence-corrected chi connectivity index (χ4v) is 2.08. The van der Waals surface area contributed by atoms with Gasteiger partial charge in [0.15, 0.2) is 0 Å². The Morgan fingerprint density at radius 2 is 2.12 bits per heavy atom. The van der Waals surface area contributed by atoms with E-state index >= 15 is 0 Å². The van der Waals surface area contributed by atoms with Crippen molar-refractivity contribution in [2.45, 2.75) is 19.4 Å². The van der Waals surface area contributed by atoms with Gasteiger partial charge in [-0.2, -0.15) is 17.0 Å². The Morgan fingerprint density at radius 1 is 1.47 bits per heavy atom. The topological polar surface area (TPSA) is 52.9 Å². The maximum atomic E-state index is 11.7. The van der Waals surface area contributed by atoms with E-state index in [1.165, 1.54) is 0 Å². The van der Waals surface area contributed by atoms with E-state index in [0.717, 1.165) is 11.3 Å². The number of benzene rings is 1. The Hall–Kier alpha value is -1.47. The highest BCUT2D eigenvalue weighted by atomic mass is 32.2. The number of nitrogens with zero attached hydrogens (tertiary/aromatic N) is 1. The van der Waals surface area contributed by atoms with Crippen molar-refractivity contribution in [1.29, 1.82) is 5.26 Å². The van der Waals surface area contributed by atoms with Gasteiger partial charge >= 0.3 is 0 Å². The number of nitriles is 1. The predicted octanol–water partition coefficient (Wildman–Crippen LogP) is 1.97. The van der Waals surface area contributed by atoms with Crippen molar-refractivity contribution >= 4 is 17.7 Å². The molecule has 0 saturated heterocycles. The number of hydrogen-bond acceptors (Lipinski definition) is 3. The predicted molar refractivity (Wildman–Crippen MR) is 70.8 cm³/mol. The van der Waals surface area contributed by atoms with Crippen LogP contribution in [0.4, 0.5) is 0 Å². The molecule has 90 valence electrons. The molecule has 0 spiro atoms. The summed E-state index contributed by atoms with van der Waals surface area (Å²) < 4.78 is 0. The van der Waals surface area contributed by atoms with E-state index in [2.05, 4.69) is 11.4 Å². The summed E-state index contributed by atoms with van der Waals surface area (Å²) in [5.41, 5.74) is 1.54. The number of amides is 1. The third-order valence-corrected chi connectivity index (χ3v) is 3.11. The lowest BCUT2D eigenvalue weighted by Crippen LogP contribution is -2.35. The average molecular weight is 248 g/mol. The van der Waals surface area contributed by atoms with Crippen LogP contribution in [0, 0.1) is 11.3 Å². The van der Waals surface area contributed by atoms with E-state index < -0.39 is 0 Å². The maximum Gasteiger partial charge on any atom is 0.224 e. The first-order valence-corrected chi connectivity index (χ1v) is 6.82. The number of hydrogen-bond donors (Lipinski definition) is 1. The third-order valence-electron chi connectivity index (χ3n) is 2.27. The minimum atomic E-state index is 0.0243. The van der Waals surface area contributed by atoms with Crippen LogP contribution in [-0.2, 0) is 11.2 Å². The molecule has 17 heavy (non-hydrogen) atoms. The molecule has 1 unspecified atom stereocenters. The van der Waals surface area contributed by atoms with Crippen LogP contribution in [0.2, 0.25) is 0 Å². The maximum absolute atomic E-state index is 11.7. The van der Waals surface area contributed by atoms with E-state index in [1.54, 1.807) is 23.9 Å². The Balaban J connectivity index is 2.48. The van der Waals surface area contributed by atoms with Gasteiger partial charge in [0.1, 0.15) is 0 Å². The van der Waals surface area contributed by atoms with E-state index in [0.29, 0.717) is 12.0 Å². The number of carbonyl (C=O) groups is 1. The summed E-state index contributed by atoms with van der Waals surface area (Å²) in [7, 11) is 0. The Labute approximate surface area is 106 Å². The van der Waals surface area contributed by atoms with Crippen molar-refractivity contribution < 1.29 is 4.79 Å². The third kappa shape index (κ3) is 4.92. The Morgan fingerprint density at radius 3 is 2.65 bits per heavy atom. The van der Waals surface area contributed by atoms with Crippen LogP contribution >= 0.6 is 11.8 Å². The smallest absolute Gasteiger partial charge is 0.224 e. The molecule has 0 aliphatic heterocycles. The molecule has 1 aromatic rings. The molecule has 0 bridgehead atoms. The molecule has 0 aromatic heterocycles. The van der Waals surface area contributed by atoms with E-state index in [1.807, 2.05) is 25.3 Å². The van der Waals surface area contributed by atoms with Gasteiger partial charge in [0.2, 0.25) is 5.91 Å². The van der Waals surface area contributed by atoms with Crippen molar-refractivity contribution in [3.63, 3.8) is 0 Å². The van der Waals surface area contributed by atoms with Crippen LogP contribution in [0.3, 0.4) is 0 Å². The highest BCUT2D eigenvalue weighted by molar-refractivity contribution is 7.98. The molecule has 0 fully saturated rings. The SMILES string of the molecule is CSCC(C)NC(=O)Cc1ccc(C#N)cc1. The molecule has 0 aliphatic carbocycles. The lowest BCUT2D eigenvalue weighted by Gasteiger charge is -2.12. The molecule has 3 nitrogen and oxygen atoms in total. The number of carbonyl (C=O) groups excluding carboxylic acids is 1. The summed E-state index contributed by atoms with van der Waals surface area (Å²) >= 11 is 1.71. The summed E-state index contributed by atoms with van der Waals surface area (Å²) in [5, 5.41) is 11.6.